The molecule has 1 aromatic carbocycles. The summed E-state index contributed by atoms with van der Waals surface area (Å²) in [6.07, 6.45) is 1.88. The Morgan fingerprint density at radius 3 is 3.10 bits per heavy atom. The van der Waals surface area contributed by atoms with E-state index in [1.807, 2.05) is 24.0 Å². The second kappa shape index (κ2) is 7.04. The molecular formula is C15H20ClFN2O. The van der Waals surface area contributed by atoms with Crippen LogP contribution in [0.25, 0.3) is 0 Å². The van der Waals surface area contributed by atoms with Crippen molar-refractivity contribution in [3.8, 4) is 0 Å². The minimum absolute atomic E-state index is 0.0736. The van der Waals surface area contributed by atoms with Gasteiger partial charge in [-0.15, -0.1) is 0 Å². The lowest BCUT2D eigenvalue weighted by Gasteiger charge is -2.30. The summed E-state index contributed by atoms with van der Waals surface area (Å²) in [7, 11) is 0. The van der Waals surface area contributed by atoms with Crippen molar-refractivity contribution in [2.24, 2.45) is 5.92 Å². The molecule has 1 atom stereocenters. The zero-order chi connectivity index (χ0) is 14.5. The number of alkyl halides is 1. The van der Waals surface area contributed by atoms with Gasteiger partial charge >= 0.3 is 0 Å². The Labute approximate surface area is 124 Å². The first-order valence-electron chi connectivity index (χ1n) is 6.93. The third-order valence-corrected chi connectivity index (χ3v) is 4.14. The van der Waals surface area contributed by atoms with E-state index >= 15 is 0 Å². The predicted octanol–water partition coefficient (Wildman–Crippen LogP) is 3.27. The maximum absolute atomic E-state index is 12.7. The molecule has 3 nitrogen and oxygen atoms in total. The number of anilines is 1. The van der Waals surface area contributed by atoms with E-state index in [0.29, 0.717) is 18.1 Å². The van der Waals surface area contributed by atoms with Crippen molar-refractivity contribution < 1.29 is 9.18 Å². The number of carbonyl (C=O) groups excluding carboxylic acids is 1. The first-order valence-corrected chi connectivity index (χ1v) is 7.31. The fourth-order valence-corrected chi connectivity index (χ4v) is 2.73. The lowest BCUT2D eigenvalue weighted by atomic mass is 9.99. The van der Waals surface area contributed by atoms with Crippen LogP contribution in [0.1, 0.15) is 18.4 Å². The van der Waals surface area contributed by atoms with Crippen LogP contribution in [-0.4, -0.2) is 37.1 Å². The van der Waals surface area contributed by atoms with Crippen molar-refractivity contribution in [3.63, 3.8) is 0 Å². The highest BCUT2D eigenvalue weighted by Gasteiger charge is 2.21. The second-order valence-electron chi connectivity index (χ2n) is 5.36. The zero-order valence-corrected chi connectivity index (χ0v) is 12.4. The molecule has 2 rings (SSSR count). The van der Waals surface area contributed by atoms with E-state index < -0.39 is 0 Å². The van der Waals surface area contributed by atoms with E-state index in [1.165, 1.54) is 0 Å². The SMILES string of the molecule is Cc1c(Cl)cccc1NC(=O)CN1CCCC(CF)C1. The number of carbonyl (C=O) groups is 1. The number of hydrogen-bond acceptors (Lipinski definition) is 2. The second-order valence-corrected chi connectivity index (χ2v) is 5.77. The van der Waals surface area contributed by atoms with Gasteiger partial charge in [-0.3, -0.25) is 14.1 Å². The molecule has 0 spiro atoms. The van der Waals surface area contributed by atoms with Gasteiger partial charge in [0.25, 0.3) is 0 Å². The molecule has 5 heteroatoms. The zero-order valence-electron chi connectivity index (χ0n) is 11.7. The lowest BCUT2D eigenvalue weighted by Crippen LogP contribution is -2.41. The minimum Gasteiger partial charge on any atom is -0.325 e. The van der Waals surface area contributed by atoms with Crippen LogP contribution < -0.4 is 5.32 Å². The van der Waals surface area contributed by atoms with Crippen molar-refractivity contribution in [1.82, 2.24) is 4.90 Å². The summed E-state index contributed by atoms with van der Waals surface area (Å²) in [5, 5.41) is 3.51. The summed E-state index contributed by atoms with van der Waals surface area (Å²) in [6, 6.07) is 5.44. The van der Waals surface area contributed by atoms with Crippen LogP contribution in [0.2, 0.25) is 5.02 Å². The Kier molecular flexibility index (Phi) is 5.38. The number of halogens is 2. The van der Waals surface area contributed by atoms with E-state index in [4.69, 9.17) is 11.6 Å². The smallest absolute Gasteiger partial charge is 0.238 e. The predicted molar refractivity (Wildman–Crippen MR) is 80.0 cm³/mol. The molecule has 1 heterocycles. The van der Waals surface area contributed by atoms with Crippen LogP contribution in [0, 0.1) is 12.8 Å². The van der Waals surface area contributed by atoms with Crippen LogP contribution in [0.5, 0.6) is 0 Å². The molecule has 1 N–H and O–H groups in total. The van der Waals surface area contributed by atoms with Crippen molar-refractivity contribution in [3.05, 3.63) is 28.8 Å². The van der Waals surface area contributed by atoms with Crippen molar-refractivity contribution in [1.29, 1.82) is 0 Å². The molecule has 1 aliphatic heterocycles. The molecule has 0 aliphatic carbocycles. The molecule has 0 saturated carbocycles. The number of rotatable bonds is 4. The monoisotopic (exact) mass is 298 g/mol. The van der Waals surface area contributed by atoms with Crippen LogP contribution in [0.3, 0.4) is 0 Å². The van der Waals surface area contributed by atoms with Gasteiger partial charge in [-0.05, 0) is 44.0 Å². The molecule has 1 aliphatic rings. The van der Waals surface area contributed by atoms with Crippen LogP contribution in [-0.2, 0) is 4.79 Å². The van der Waals surface area contributed by atoms with Gasteiger partial charge in [-0.25, -0.2) is 0 Å². The quantitative estimate of drug-likeness (QED) is 0.925. The first kappa shape index (κ1) is 15.3. The number of nitrogens with one attached hydrogen (secondary N) is 1. The number of piperidine rings is 1. The minimum atomic E-state index is -0.300. The number of nitrogens with zero attached hydrogens (tertiary/aromatic N) is 1. The summed E-state index contributed by atoms with van der Waals surface area (Å²) in [5.41, 5.74) is 1.60. The Hall–Kier alpha value is -1.13. The van der Waals surface area contributed by atoms with Crippen molar-refractivity contribution >= 4 is 23.2 Å². The third-order valence-electron chi connectivity index (χ3n) is 3.73. The standard InChI is InChI=1S/C15H20ClFN2O/c1-11-13(16)5-2-6-14(11)18-15(20)10-19-7-3-4-12(8-17)9-19/h2,5-6,12H,3-4,7-10H2,1H3,(H,18,20). The van der Waals surface area contributed by atoms with E-state index in [0.717, 1.165) is 30.6 Å². The van der Waals surface area contributed by atoms with Crippen molar-refractivity contribution in [2.45, 2.75) is 19.8 Å². The molecule has 1 unspecified atom stereocenters. The molecule has 0 radical (unpaired) electrons. The summed E-state index contributed by atoms with van der Waals surface area (Å²) in [6.45, 7) is 3.41. The van der Waals surface area contributed by atoms with E-state index in [9.17, 15) is 9.18 Å². The summed E-state index contributed by atoms with van der Waals surface area (Å²) < 4.78 is 12.7. The van der Waals surface area contributed by atoms with Gasteiger partial charge in [0.2, 0.25) is 5.91 Å². The first-order chi connectivity index (χ1) is 9.60. The maximum Gasteiger partial charge on any atom is 0.238 e. The molecular weight excluding hydrogens is 279 g/mol. The van der Waals surface area contributed by atoms with E-state index in [1.54, 1.807) is 6.07 Å². The lowest BCUT2D eigenvalue weighted by molar-refractivity contribution is -0.117. The van der Waals surface area contributed by atoms with Crippen LogP contribution in [0.15, 0.2) is 18.2 Å². The van der Waals surface area contributed by atoms with Crippen LogP contribution >= 0.6 is 11.6 Å². The van der Waals surface area contributed by atoms with E-state index in [2.05, 4.69) is 5.32 Å². The largest absolute Gasteiger partial charge is 0.325 e. The summed E-state index contributed by atoms with van der Waals surface area (Å²) in [5.74, 6) is -0.000620. The fraction of sp³-hybridized carbons (Fsp3) is 0.533. The highest BCUT2D eigenvalue weighted by molar-refractivity contribution is 6.31. The number of hydrogen-bond donors (Lipinski definition) is 1. The Morgan fingerprint density at radius 2 is 2.35 bits per heavy atom. The Balaban J connectivity index is 1.90. The molecule has 1 aromatic rings. The molecule has 0 bridgehead atoms. The topological polar surface area (TPSA) is 32.3 Å². The number of likely N-dealkylation sites (tertiary alicyclic amines) is 1. The Bertz CT molecular complexity index is 481. The average Bonchev–Trinajstić information content (AvgIpc) is 2.44. The van der Waals surface area contributed by atoms with E-state index in [-0.39, 0.29) is 18.5 Å². The molecule has 1 amide bonds. The molecule has 20 heavy (non-hydrogen) atoms. The highest BCUT2D eigenvalue weighted by Crippen LogP contribution is 2.23. The normalized spacial score (nSPS) is 19.9. The van der Waals surface area contributed by atoms with Gasteiger partial charge in [-0.2, -0.15) is 0 Å². The third kappa shape index (κ3) is 3.93. The van der Waals surface area contributed by atoms with Gasteiger partial charge in [0, 0.05) is 23.2 Å². The van der Waals surface area contributed by atoms with Gasteiger partial charge in [-0.1, -0.05) is 17.7 Å². The van der Waals surface area contributed by atoms with Crippen LogP contribution in [0.4, 0.5) is 10.1 Å². The van der Waals surface area contributed by atoms with Gasteiger partial charge in [0.1, 0.15) is 0 Å². The maximum atomic E-state index is 12.7. The number of benzene rings is 1. The molecule has 1 fully saturated rings. The Morgan fingerprint density at radius 1 is 1.55 bits per heavy atom. The number of amides is 1. The van der Waals surface area contributed by atoms with Gasteiger partial charge < -0.3 is 5.32 Å². The molecule has 110 valence electrons. The summed E-state index contributed by atoms with van der Waals surface area (Å²) in [4.78, 5) is 14.1. The average molecular weight is 299 g/mol. The molecule has 1 saturated heterocycles. The van der Waals surface area contributed by atoms with Gasteiger partial charge in [0.05, 0.1) is 13.2 Å². The summed E-state index contributed by atoms with van der Waals surface area (Å²) >= 11 is 6.02. The molecule has 0 aromatic heterocycles. The van der Waals surface area contributed by atoms with Gasteiger partial charge in [0.15, 0.2) is 0 Å². The fourth-order valence-electron chi connectivity index (χ4n) is 2.56. The highest BCUT2D eigenvalue weighted by atomic mass is 35.5. The van der Waals surface area contributed by atoms with Crippen molar-refractivity contribution in [2.75, 3.05) is 31.6 Å².